The summed E-state index contributed by atoms with van der Waals surface area (Å²) in [5.74, 6) is 2.45. The molecule has 1 aromatic rings. The summed E-state index contributed by atoms with van der Waals surface area (Å²) in [6.07, 6.45) is 8.28. The van der Waals surface area contributed by atoms with Crippen molar-refractivity contribution in [3.05, 3.63) is 23.5 Å². The summed E-state index contributed by atoms with van der Waals surface area (Å²) in [5.41, 5.74) is 0.819. The Morgan fingerprint density at radius 1 is 1.73 bits per heavy atom. The lowest BCUT2D eigenvalue weighted by molar-refractivity contribution is 1.29. The molecule has 0 aliphatic heterocycles. The van der Waals surface area contributed by atoms with Crippen LogP contribution >= 0.6 is 11.6 Å². The molecule has 0 aliphatic carbocycles. The zero-order valence-electron chi connectivity index (χ0n) is 5.84. The zero-order valence-corrected chi connectivity index (χ0v) is 6.60. The largest absolute Gasteiger partial charge is 0.373 e. The van der Waals surface area contributed by atoms with E-state index in [9.17, 15) is 0 Å². The number of hydrogen-bond acceptors (Lipinski definition) is 2. The van der Waals surface area contributed by atoms with Gasteiger partial charge in [-0.15, -0.1) is 6.42 Å². The van der Waals surface area contributed by atoms with Crippen molar-refractivity contribution in [3.8, 4) is 12.3 Å². The van der Waals surface area contributed by atoms with Crippen LogP contribution in [-0.2, 0) is 0 Å². The predicted molar refractivity (Wildman–Crippen MR) is 46.6 cm³/mol. The topological polar surface area (TPSA) is 24.9 Å². The summed E-state index contributed by atoms with van der Waals surface area (Å²) in [6, 6.07) is 1.78. The van der Waals surface area contributed by atoms with Crippen molar-refractivity contribution in [3.63, 3.8) is 0 Å². The van der Waals surface area contributed by atoms with Crippen molar-refractivity contribution >= 4 is 17.3 Å². The summed E-state index contributed by atoms with van der Waals surface area (Å²) in [7, 11) is 0. The molecule has 1 rings (SSSR count). The number of pyridine rings is 1. The van der Waals surface area contributed by atoms with Crippen molar-refractivity contribution < 1.29 is 0 Å². The summed E-state index contributed by atoms with van der Waals surface area (Å²) in [6.45, 7) is 0.476. The van der Waals surface area contributed by atoms with E-state index in [0.717, 1.165) is 5.69 Å². The van der Waals surface area contributed by atoms with Crippen LogP contribution in [0.15, 0.2) is 18.5 Å². The van der Waals surface area contributed by atoms with E-state index in [-0.39, 0.29) is 0 Å². The molecule has 0 saturated heterocycles. The fourth-order valence-corrected chi connectivity index (χ4v) is 0.851. The molecule has 0 aromatic carbocycles. The van der Waals surface area contributed by atoms with E-state index >= 15 is 0 Å². The molecule has 1 heterocycles. The first-order valence-electron chi connectivity index (χ1n) is 3.11. The van der Waals surface area contributed by atoms with Crippen molar-refractivity contribution in [2.24, 2.45) is 0 Å². The lowest BCUT2D eigenvalue weighted by atomic mass is 10.4. The van der Waals surface area contributed by atoms with Crippen molar-refractivity contribution in [2.75, 3.05) is 11.9 Å². The van der Waals surface area contributed by atoms with Gasteiger partial charge < -0.3 is 5.32 Å². The zero-order chi connectivity index (χ0) is 8.10. The minimum absolute atomic E-state index is 0.476. The van der Waals surface area contributed by atoms with Gasteiger partial charge in [0.1, 0.15) is 0 Å². The summed E-state index contributed by atoms with van der Waals surface area (Å²) in [5, 5.41) is 3.54. The molecule has 0 atom stereocenters. The maximum atomic E-state index is 5.77. The Kier molecular flexibility index (Phi) is 2.76. The fourth-order valence-electron chi connectivity index (χ4n) is 0.665. The highest BCUT2D eigenvalue weighted by Crippen LogP contribution is 2.18. The first kappa shape index (κ1) is 7.90. The number of aromatic nitrogens is 1. The minimum atomic E-state index is 0.476. The molecule has 0 unspecified atom stereocenters. The van der Waals surface area contributed by atoms with Gasteiger partial charge in [0, 0.05) is 12.4 Å². The molecule has 11 heavy (non-hydrogen) atoms. The van der Waals surface area contributed by atoms with Gasteiger partial charge in [-0.3, -0.25) is 4.98 Å². The van der Waals surface area contributed by atoms with Crippen LogP contribution in [0.25, 0.3) is 0 Å². The highest BCUT2D eigenvalue weighted by molar-refractivity contribution is 6.33. The normalized spacial score (nSPS) is 8.73. The van der Waals surface area contributed by atoms with Crippen LogP contribution in [0.2, 0.25) is 5.02 Å². The Balaban J connectivity index is 2.71. The van der Waals surface area contributed by atoms with Crippen molar-refractivity contribution in [1.29, 1.82) is 0 Å². The quantitative estimate of drug-likeness (QED) is 0.678. The molecule has 0 saturated carbocycles. The average Bonchev–Trinajstić information content (AvgIpc) is 2.03. The molecule has 1 aromatic heterocycles. The fraction of sp³-hybridized carbons (Fsp3) is 0.125. The molecular weight excluding hydrogens is 160 g/mol. The third-order valence-electron chi connectivity index (χ3n) is 1.15. The third-order valence-corrected chi connectivity index (χ3v) is 1.45. The lowest BCUT2D eigenvalue weighted by Crippen LogP contribution is -1.98. The van der Waals surface area contributed by atoms with Crippen LogP contribution in [0.3, 0.4) is 0 Å². The van der Waals surface area contributed by atoms with Gasteiger partial charge in [0.15, 0.2) is 0 Å². The molecule has 0 bridgehead atoms. The van der Waals surface area contributed by atoms with Gasteiger partial charge in [-0.25, -0.2) is 0 Å². The second-order valence-electron chi connectivity index (χ2n) is 1.91. The Labute approximate surface area is 70.6 Å². The average molecular weight is 167 g/mol. The van der Waals surface area contributed by atoms with Gasteiger partial charge in [0.25, 0.3) is 0 Å². The monoisotopic (exact) mass is 166 g/mol. The molecule has 0 spiro atoms. The first-order chi connectivity index (χ1) is 5.34. The maximum Gasteiger partial charge on any atom is 0.0820 e. The number of anilines is 1. The van der Waals surface area contributed by atoms with Gasteiger partial charge in [-0.1, -0.05) is 17.5 Å². The number of terminal acetylenes is 1. The van der Waals surface area contributed by atoms with Gasteiger partial charge >= 0.3 is 0 Å². The SMILES string of the molecule is C#CCNc1ccncc1Cl. The van der Waals surface area contributed by atoms with Crippen LogP contribution in [0.4, 0.5) is 5.69 Å². The predicted octanol–water partition coefficient (Wildman–Crippen LogP) is 1.78. The van der Waals surface area contributed by atoms with E-state index in [0.29, 0.717) is 11.6 Å². The standard InChI is InChI=1S/C8H7ClN2/c1-2-4-11-8-3-5-10-6-7(8)9/h1,3,5-6H,4H2,(H,10,11). The van der Waals surface area contributed by atoms with E-state index < -0.39 is 0 Å². The van der Waals surface area contributed by atoms with E-state index in [2.05, 4.69) is 16.2 Å². The third kappa shape index (κ3) is 2.14. The summed E-state index contributed by atoms with van der Waals surface area (Å²) < 4.78 is 0. The van der Waals surface area contributed by atoms with Crippen molar-refractivity contribution in [2.45, 2.75) is 0 Å². The molecule has 0 amide bonds. The van der Waals surface area contributed by atoms with Crippen molar-refractivity contribution in [1.82, 2.24) is 4.98 Å². The van der Waals surface area contributed by atoms with E-state index in [1.54, 1.807) is 18.5 Å². The molecule has 0 fully saturated rings. The molecular formula is C8H7ClN2. The Morgan fingerprint density at radius 2 is 2.55 bits per heavy atom. The maximum absolute atomic E-state index is 5.77. The Morgan fingerprint density at radius 3 is 3.18 bits per heavy atom. The van der Waals surface area contributed by atoms with E-state index in [1.807, 2.05) is 0 Å². The molecule has 3 heteroatoms. The number of hydrogen-bond donors (Lipinski definition) is 1. The highest BCUT2D eigenvalue weighted by Gasteiger charge is 1.94. The number of nitrogens with one attached hydrogen (secondary N) is 1. The second kappa shape index (κ2) is 3.85. The Bertz CT molecular complexity index is 278. The molecule has 1 N–H and O–H groups in total. The number of rotatable bonds is 2. The molecule has 56 valence electrons. The number of halogens is 1. The van der Waals surface area contributed by atoms with E-state index in [1.165, 1.54) is 0 Å². The molecule has 0 aliphatic rings. The Hall–Kier alpha value is -1.20. The van der Waals surface area contributed by atoms with Crippen LogP contribution in [0.1, 0.15) is 0 Å². The summed E-state index contributed by atoms with van der Waals surface area (Å²) in [4.78, 5) is 3.83. The number of nitrogens with zero attached hydrogens (tertiary/aromatic N) is 1. The highest BCUT2D eigenvalue weighted by atomic mass is 35.5. The van der Waals surface area contributed by atoms with Crippen LogP contribution < -0.4 is 5.32 Å². The van der Waals surface area contributed by atoms with Gasteiger partial charge in [-0.2, -0.15) is 0 Å². The van der Waals surface area contributed by atoms with E-state index in [4.69, 9.17) is 18.0 Å². The van der Waals surface area contributed by atoms with Gasteiger partial charge in [-0.05, 0) is 6.07 Å². The first-order valence-corrected chi connectivity index (χ1v) is 3.49. The van der Waals surface area contributed by atoms with Gasteiger partial charge in [0.05, 0.1) is 17.3 Å². The van der Waals surface area contributed by atoms with Crippen LogP contribution in [0, 0.1) is 12.3 Å². The summed E-state index contributed by atoms with van der Waals surface area (Å²) >= 11 is 5.77. The second-order valence-corrected chi connectivity index (χ2v) is 2.32. The molecule has 0 radical (unpaired) electrons. The smallest absolute Gasteiger partial charge is 0.0820 e. The lowest BCUT2D eigenvalue weighted by Gasteiger charge is -2.02. The van der Waals surface area contributed by atoms with Crippen LogP contribution in [0.5, 0.6) is 0 Å². The van der Waals surface area contributed by atoms with Crippen LogP contribution in [-0.4, -0.2) is 11.5 Å². The van der Waals surface area contributed by atoms with Gasteiger partial charge in [0.2, 0.25) is 0 Å². The molecule has 2 nitrogen and oxygen atoms in total. The minimum Gasteiger partial charge on any atom is -0.373 e.